The molecule has 2 unspecified atom stereocenters. The Balaban J connectivity index is 2.04. The number of nitrogens with zero attached hydrogens (tertiary/aromatic N) is 1. The minimum Gasteiger partial charge on any atom is -0.377 e. The Morgan fingerprint density at radius 1 is 1.47 bits per heavy atom. The van der Waals surface area contributed by atoms with Crippen molar-refractivity contribution in [2.75, 3.05) is 33.4 Å². The maximum absolute atomic E-state index is 12.3. The molecule has 0 bridgehead atoms. The molecule has 0 aromatic heterocycles. The third-order valence-corrected chi connectivity index (χ3v) is 3.32. The molecule has 0 aliphatic carbocycles. The van der Waals surface area contributed by atoms with Gasteiger partial charge >= 0.3 is 0 Å². The van der Waals surface area contributed by atoms with Crippen molar-refractivity contribution in [1.29, 1.82) is 0 Å². The van der Waals surface area contributed by atoms with E-state index in [1.807, 2.05) is 0 Å². The summed E-state index contributed by atoms with van der Waals surface area (Å²) in [5.41, 5.74) is 0. The first kappa shape index (κ1) is 12.3. The molecule has 2 rings (SSSR count). The van der Waals surface area contributed by atoms with Crippen molar-refractivity contribution in [3.63, 3.8) is 0 Å². The van der Waals surface area contributed by atoms with Gasteiger partial charge in [-0.05, 0) is 19.4 Å². The summed E-state index contributed by atoms with van der Waals surface area (Å²) in [7, 11) is 1.58. The number of carbonyl (C=O) groups excluding carboxylic acids is 2. The second kappa shape index (κ2) is 5.46. The molecule has 17 heavy (non-hydrogen) atoms. The third kappa shape index (κ3) is 2.58. The Hall–Kier alpha value is -1.14. The molecule has 6 heteroatoms. The van der Waals surface area contributed by atoms with E-state index in [0.717, 1.165) is 19.4 Å². The van der Waals surface area contributed by atoms with Crippen LogP contribution in [0, 0.1) is 0 Å². The van der Waals surface area contributed by atoms with Gasteiger partial charge in [-0.1, -0.05) is 0 Å². The van der Waals surface area contributed by atoms with Gasteiger partial charge in [0.1, 0.15) is 6.04 Å². The molecule has 2 fully saturated rings. The average molecular weight is 241 g/mol. The number of ether oxygens (including phenoxy) is 1. The van der Waals surface area contributed by atoms with E-state index in [1.54, 1.807) is 11.9 Å². The normalized spacial score (nSPS) is 29.1. The summed E-state index contributed by atoms with van der Waals surface area (Å²) in [4.78, 5) is 25.6. The first-order valence-electron chi connectivity index (χ1n) is 6.07. The van der Waals surface area contributed by atoms with Gasteiger partial charge in [0.05, 0.1) is 19.3 Å². The lowest BCUT2D eigenvalue weighted by Crippen LogP contribution is -2.58. The smallest absolute Gasteiger partial charge is 0.244 e. The Morgan fingerprint density at radius 3 is 2.94 bits per heavy atom. The summed E-state index contributed by atoms with van der Waals surface area (Å²) in [5.74, 6) is -0.129. The fourth-order valence-corrected chi connectivity index (χ4v) is 2.35. The fourth-order valence-electron chi connectivity index (χ4n) is 2.35. The van der Waals surface area contributed by atoms with Crippen molar-refractivity contribution in [3.8, 4) is 0 Å². The van der Waals surface area contributed by atoms with Gasteiger partial charge in [-0.3, -0.25) is 9.59 Å². The van der Waals surface area contributed by atoms with E-state index < -0.39 is 6.04 Å². The number of hydrogen-bond donors (Lipinski definition) is 2. The lowest BCUT2D eigenvalue weighted by atomic mass is 10.1. The second-order valence-electron chi connectivity index (χ2n) is 4.39. The van der Waals surface area contributed by atoms with Gasteiger partial charge in [-0.25, -0.2) is 0 Å². The number of carbonyl (C=O) groups is 2. The quantitative estimate of drug-likeness (QED) is 0.631. The Labute approximate surface area is 101 Å². The lowest BCUT2D eigenvalue weighted by molar-refractivity contribution is -0.149. The van der Waals surface area contributed by atoms with Crippen LogP contribution < -0.4 is 10.6 Å². The highest BCUT2D eigenvalue weighted by molar-refractivity contribution is 5.90. The molecular formula is C11H19N3O3. The maximum Gasteiger partial charge on any atom is 0.244 e. The second-order valence-corrected chi connectivity index (χ2v) is 4.39. The molecule has 2 saturated heterocycles. The third-order valence-electron chi connectivity index (χ3n) is 3.32. The molecule has 0 aromatic rings. The largest absolute Gasteiger partial charge is 0.377 e. The van der Waals surface area contributed by atoms with Gasteiger partial charge < -0.3 is 20.3 Å². The van der Waals surface area contributed by atoms with E-state index in [2.05, 4.69) is 10.6 Å². The Morgan fingerprint density at radius 2 is 2.29 bits per heavy atom. The van der Waals surface area contributed by atoms with E-state index in [0.29, 0.717) is 13.2 Å². The van der Waals surface area contributed by atoms with Crippen LogP contribution in [0.25, 0.3) is 0 Å². The first-order valence-corrected chi connectivity index (χ1v) is 6.07. The van der Waals surface area contributed by atoms with E-state index >= 15 is 0 Å². The van der Waals surface area contributed by atoms with Crippen LogP contribution in [0.2, 0.25) is 0 Å². The summed E-state index contributed by atoms with van der Waals surface area (Å²) in [6.07, 6.45) is 1.88. The van der Waals surface area contributed by atoms with Crippen molar-refractivity contribution in [2.24, 2.45) is 0 Å². The number of rotatable bonds is 2. The van der Waals surface area contributed by atoms with Gasteiger partial charge in [-0.15, -0.1) is 0 Å². The highest BCUT2D eigenvalue weighted by atomic mass is 16.5. The summed E-state index contributed by atoms with van der Waals surface area (Å²) in [6, 6.07) is -0.607. The molecule has 0 saturated carbocycles. The van der Waals surface area contributed by atoms with Crippen LogP contribution in [0.5, 0.6) is 0 Å². The zero-order valence-electron chi connectivity index (χ0n) is 10.1. The molecule has 96 valence electrons. The molecule has 0 radical (unpaired) electrons. The van der Waals surface area contributed by atoms with Crippen LogP contribution in [0.15, 0.2) is 0 Å². The van der Waals surface area contributed by atoms with Crippen LogP contribution in [-0.2, 0) is 14.3 Å². The molecular weight excluding hydrogens is 222 g/mol. The molecule has 2 amide bonds. The van der Waals surface area contributed by atoms with E-state index in [4.69, 9.17) is 4.74 Å². The number of nitrogens with one attached hydrogen (secondary N) is 2. The number of hydrogen-bond acceptors (Lipinski definition) is 4. The SMILES string of the molecule is CNC(=O)C1COCCN1C(=O)C1CCCN1. The van der Waals surface area contributed by atoms with Gasteiger partial charge in [0.15, 0.2) is 0 Å². The van der Waals surface area contributed by atoms with Crippen LogP contribution in [0.1, 0.15) is 12.8 Å². The average Bonchev–Trinajstić information content (AvgIpc) is 2.91. The molecule has 0 aromatic carbocycles. The molecule has 2 aliphatic rings. The number of amides is 2. The van der Waals surface area contributed by atoms with Gasteiger partial charge in [0.2, 0.25) is 11.8 Å². The standard InChI is InChI=1S/C11H19N3O3/c1-12-10(15)9-7-17-6-5-14(9)11(16)8-3-2-4-13-8/h8-9,13H,2-7H2,1H3,(H,12,15). The van der Waals surface area contributed by atoms with E-state index in [9.17, 15) is 9.59 Å². The summed E-state index contributed by atoms with van der Waals surface area (Å²) in [5, 5.41) is 5.74. The Bertz CT molecular complexity index is 302. The molecule has 2 atom stereocenters. The van der Waals surface area contributed by atoms with Gasteiger partial charge in [-0.2, -0.15) is 0 Å². The zero-order valence-corrected chi connectivity index (χ0v) is 10.1. The molecule has 2 N–H and O–H groups in total. The Kier molecular flexibility index (Phi) is 3.96. The number of morpholine rings is 1. The summed E-state index contributed by atoms with van der Waals surface area (Å²) in [6.45, 7) is 2.17. The van der Waals surface area contributed by atoms with Crippen molar-refractivity contribution >= 4 is 11.8 Å². The van der Waals surface area contributed by atoms with Gasteiger partial charge in [0.25, 0.3) is 0 Å². The van der Waals surface area contributed by atoms with Crippen molar-refractivity contribution in [3.05, 3.63) is 0 Å². The highest BCUT2D eigenvalue weighted by Crippen LogP contribution is 2.14. The van der Waals surface area contributed by atoms with Crippen LogP contribution in [0.3, 0.4) is 0 Å². The molecule has 2 heterocycles. The molecule has 2 aliphatic heterocycles. The number of likely N-dealkylation sites (N-methyl/N-ethyl adjacent to an activating group) is 1. The van der Waals surface area contributed by atoms with E-state index in [-0.39, 0.29) is 24.5 Å². The minimum atomic E-state index is -0.483. The topological polar surface area (TPSA) is 70.7 Å². The van der Waals surface area contributed by atoms with Crippen molar-refractivity contribution in [1.82, 2.24) is 15.5 Å². The lowest BCUT2D eigenvalue weighted by Gasteiger charge is -2.35. The van der Waals surface area contributed by atoms with Crippen LogP contribution >= 0.6 is 0 Å². The van der Waals surface area contributed by atoms with Crippen molar-refractivity contribution < 1.29 is 14.3 Å². The van der Waals surface area contributed by atoms with E-state index in [1.165, 1.54) is 0 Å². The predicted molar refractivity (Wildman–Crippen MR) is 61.4 cm³/mol. The van der Waals surface area contributed by atoms with Crippen LogP contribution in [-0.4, -0.2) is 62.1 Å². The first-order chi connectivity index (χ1) is 8.24. The molecule has 6 nitrogen and oxygen atoms in total. The van der Waals surface area contributed by atoms with Crippen molar-refractivity contribution in [2.45, 2.75) is 24.9 Å². The highest BCUT2D eigenvalue weighted by Gasteiger charge is 2.36. The maximum atomic E-state index is 12.3. The van der Waals surface area contributed by atoms with Crippen LogP contribution in [0.4, 0.5) is 0 Å². The summed E-state index contributed by atoms with van der Waals surface area (Å²) >= 11 is 0. The fraction of sp³-hybridized carbons (Fsp3) is 0.818. The molecule has 0 spiro atoms. The van der Waals surface area contributed by atoms with Gasteiger partial charge in [0, 0.05) is 13.6 Å². The minimum absolute atomic E-state index is 0.0272. The predicted octanol–water partition coefficient (Wildman–Crippen LogP) is -1.29. The monoisotopic (exact) mass is 241 g/mol. The zero-order chi connectivity index (χ0) is 12.3. The summed E-state index contributed by atoms with van der Waals surface area (Å²) < 4.78 is 5.27.